The topological polar surface area (TPSA) is 76.7 Å². The van der Waals surface area contributed by atoms with Crippen molar-refractivity contribution in [2.24, 2.45) is 0 Å². The third-order valence-corrected chi connectivity index (χ3v) is 4.67. The number of nitrogens with one attached hydrogen (secondary N) is 1. The fourth-order valence-electron chi connectivity index (χ4n) is 1.86. The Morgan fingerprint density at radius 2 is 2.43 bits per heavy atom. The molecule has 6 nitrogen and oxygen atoms in total. The summed E-state index contributed by atoms with van der Waals surface area (Å²) in [6.07, 6.45) is 2.54. The second-order valence-corrected chi connectivity index (χ2v) is 6.26. The predicted octanol–water partition coefficient (Wildman–Crippen LogP) is 2.99. The second kappa shape index (κ2) is 6.31. The number of oxazole rings is 1. The summed E-state index contributed by atoms with van der Waals surface area (Å²) in [5, 5.41) is 9.19. The third kappa shape index (κ3) is 3.11. The van der Waals surface area contributed by atoms with Crippen molar-refractivity contribution < 1.29 is 4.42 Å². The van der Waals surface area contributed by atoms with Gasteiger partial charge in [0.15, 0.2) is 5.16 Å². The van der Waals surface area contributed by atoms with E-state index in [2.05, 4.69) is 15.2 Å². The molecule has 1 N–H and O–H groups in total. The Balaban J connectivity index is 1.70. The largest absolute Gasteiger partial charge is 0.444 e. The highest BCUT2D eigenvalue weighted by molar-refractivity contribution is 7.98. The van der Waals surface area contributed by atoms with Gasteiger partial charge in [0.05, 0.1) is 10.6 Å². The molecule has 0 aromatic carbocycles. The van der Waals surface area contributed by atoms with Gasteiger partial charge < -0.3 is 4.42 Å². The van der Waals surface area contributed by atoms with Gasteiger partial charge in [-0.3, -0.25) is 4.57 Å². The average molecular weight is 322 g/mol. The Kier molecular flexibility index (Phi) is 4.26. The number of thioether (sulfide) groups is 1. The SMILES string of the molecule is CCCn1c(SCc2coc(-c3cccs3)n2)n[nH]c1=O. The monoisotopic (exact) mass is 322 g/mol. The molecule has 3 aromatic rings. The molecule has 3 aromatic heterocycles. The Labute approximate surface area is 129 Å². The minimum atomic E-state index is -0.168. The van der Waals surface area contributed by atoms with Crippen molar-refractivity contribution in [3.63, 3.8) is 0 Å². The summed E-state index contributed by atoms with van der Waals surface area (Å²) in [4.78, 5) is 17.1. The van der Waals surface area contributed by atoms with Gasteiger partial charge in [0.25, 0.3) is 0 Å². The molecule has 0 spiro atoms. The molecule has 0 aliphatic rings. The van der Waals surface area contributed by atoms with Crippen molar-refractivity contribution in [3.05, 3.63) is 40.0 Å². The Hall–Kier alpha value is -1.80. The quantitative estimate of drug-likeness (QED) is 0.706. The van der Waals surface area contributed by atoms with E-state index in [4.69, 9.17) is 4.42 Å². The molecule has 110 valence electrons. The molecule has 8 heteroatoms. The maximum Gasteiger partial charge on any atom is 0.343 e. The predicted molar refractivity (Wildman–Crippen MR) is 82.5 cm³/mol. The van der Waals surface area contributed by atoms with Crippen LogP contribution in [0.15, 0.2) is 38.1 Å². The van der Waals surface area contributed by atoms with Gasteiger partial charge >= 0.3 is 5.69 Å². The van der Waals surface area contributed by atoms with Crippen molar-refractivity contribution in [3.8, 4) is 10.8 Å². The molecular weight excluding hydrogens is 308 g/mol. The molecule has 0 aliphatic carbocycles. The summed E-state index contributed by atoms with van der Waals surface area (Å²) >= 11 is 3.06. The van der Waals surface area contributed by atoms with Crippen LogP contribution >= 0.6 is 23.1 Å². The van der Waals surface area contributed by atoms with Crippen molar-refractivity contribution in [2.45, 2.75) is 30.8 Å². The maximum absolute atomic E-state index is 11.6. The van der Waals surface area contributed by atoms with Crippen LogP contribution in [-0.4, -0.2) is 19.7 Å². The minimum absolute atomic E-state index is 0.168. The van der Waals surface area contributed by atoms with Crippen LogP contribution in [0, 0.1) is 0 Å². The number of nitrogens with zero attached hydrogens (tertiary/aromatic N) is 3. The molecule has 0 atom stereocenters. The van der Waals surface area contributed by atoms with E-state index in [-0.39, 0.29) is 5.69 Å². The van der Waals surface area contributed by atoms with Gasteiger partial charge in [0, 0.05) is 12.3 Å². The minimum Gasteiger partial charge on any atom is -0.444 e. The first-order valence-electron chi connectivity index (χ1n) is 6.54. The van der Waals surface area contributed by atoms with E-state index in [0.29, 0.717) is 23.3 Å². The van der Waals surface area contributed by atoms with Gasteiger partial charge in [-0.1, -0.05) is 24.8 Å². The van der Waals surface area contributed by atoms with E-state index in [9.17, 15) is 4.79 Å². The van der Waals surface area contributed by atoms with Gasteiger partial charge in [-0.2, -0.15) is 0 Å². The lowest BCUT2D eigenvalue weighted by Crippen LogP contribution is -2.17. The lowest BCUT2D eigenvalue weighted by atomic mass is 10.5. The highest BCUT2D eigenvalue weighted by Crippen LogP contribution is 2.26. The summed E-state index contributed by atoms with van der Waals surface area (Å²) in [7, 11) is 0. The van der Waals surface area contributed by atoms with E-state index in [1.165, 1.54) is 11.8 Å². The summed E-state index contributed by atoms with van der Waals surface area (Å²) in [6.45, 7) is 2.69. The van der Waals surface area contributed by atoms with E-state index in [1.807, 2.05) is 24.4 Å². The molecule has 0 aliphatic heterocycles. The van der Waals surface area contributed by atoms with Gasteiger partial charge in [0.2, 0.25) is 5.89 Å². The number of H-pyrrole nitrogens is 1. The van der Waals surface area contributed by atoms with Crippen LogP contribution in [0.4, 0.5) is 0 Å². The number of thiophene rings is 1. The molecule has 3 rings (SSSR count). The van der Waals surface area contributed by atoms with Crippen LogP contribution in [0.25, 0.3) is 10.8 Å². The molecule has 0 saturated carbocycles. The lowest BCUT2D eigenvalue weighted by molar-refractivity contribution is 0.575. The van der Waals surface area contributed by atoms with Crippen molar-refractivity contribution in [1.29, 1.82) is 0 Å². The first-order valence-corrected chi connectivity index (χ1v) is 8.40. The first-order chi connectivity index (χ1) is 10.3. The van der Waals surface area contributed by atoms with Crippen LogP contribution in [-0.2, 0) is 12.3 Å². The third-order valence-electron chi connectivity index (χ3n) is 2.80. The Morgan fingerprint density at radius 3 is 3.19 bits per heavy atom. The zero-order valence-electron chi connectivity index (χ0n) is 11.4. The highest BCUT2D eigenvalue weighted by Gasteiger charge is 2.11. The number of rotatable bonds is 6. The molecule has 3 heterocycles. The van der Waals surface area contributed by atoms with Crippen molar-refractivity contribution >= 4 is 23.1 Å². The molecule has 0 radical (unpaired) electrons. The Bertz CT molecular complexity index is 757. The molecule has 0 unspecified atom stereocenters. The van der Waals surface area contributed by atoms with Gasteiger partial charge in [-0.25, -0.2) is 14.9 Å². The zero-order valence-corrected chi connectivity index (χ0v) is 13.0. The van der Waals surface area contributed by atoms with Crippen LogP contribution in [0.1, 0.15) is 19.0 Å². The van der Waals surface area contributed by atoms with Gasteiger partial charge in [-0.15, -0.1) is 16.4 Å². The van der Waals surface area contributed by atoms with Crippen LogP contribution < -0.4 is 5.69 Å². The van der Waals surface area contributed by atoms with Crippen LogP contribution in [0.3, 0.4) is 0 Å². The summed E-state index contributed by atoms with van der Waals surface area (Å²) in [5.41, 5.74) is 0.667. The van der Waals surface area contributed by atoms with E-state index < -0.39 is 0 Å². The van der Waals surface area contributed by atoms with Gasteiger partial charge in [-0.05, 0) is 17.9 Å². The number of aromatic nitrogens is 4. The molecule has 0 fully saturated rings. The Morgan fingerprint density at radius 1 is 1.52 bits per heavy atom. The molecule has 0 amide bonds. The smallest absolute Gasteiger partial charge is 0.343 e. The van der Waals surface area contributed by atoms with E-state index in [0.717, 1.165) is 17.0 Å². The molecule has 0 saturated heterocycles. The van der Waals surface area contributed by atoms with E-state index >= 15 is 0 Å². The molecule has 0 bridgehead atoms. The average Bonchev–Trinajstić information content (AvgIpc) is 3.19. The van der Waals surface area contributed by atoms with Crippen LogP contribution in [0.5, 0.6) is 0 Å². The lowest BCUT2D eigenvalue weighted by Gasteiger charge is -2.01. The van der Waals surface area contributed by atoms with Crippen LogP contribution in [0.2, 0.25) is 0 Å². The highest BCUT2D eigenvalue weighted by atomic mass is 32.2. The molecular formula is C13H14N4O2S2. The fraction of sp³-hybridized carbons (Fsp3) is 0.308. The van der Waals surface area contributed by atoms with Crippen molar-refractivity contribution in [2.75, 3.05) is 0 Å². The number of aromatic amines is 1. The molecule has 21 heavy (non-hydrogen) atoms. The van der Waals surface area contributed by atoms with Gasteiger partial charge in [0.1, 0.15) is 6.26 Å². The fourth-order valence-corrected chi connectivity index (χ4v) is 3.36. The summed E-state index contributed by atoms with van der Waals surface area (Å²) < 4.78 is 7.11. The second-order valence-electron chi connectivity index (χ2n) is 4.37. The number of hydrogen-bond donors (Lipinski definition) is 1. The standard InChI is InChI=1S/C13H14N4O2S2/c1-2-5-17-12(18)15-16-13(17)21-8-9-7-19-11(14-9)10-4-3-6-20-10/h3-4,6-7H,2,5,8H2,1H3,(H,15,18). The zero-order chi connectivity index (χ0) is 14.7. The van der Waals surface area contributed by atoms with Crippen molar-refractivity contribution in [1.82, 2.24) is 19.7 Å². The first kappa shape index (κ1) is 14.2. The maximum atomic E-state index is 11.6. The van der Waals surface area contributed by atoms with E-state index in [1.54, 1.807) is 22.2 Å². The number of hydrogen-bond acceptors (Lipinski definition) is 6. The normalized spacial score (nSPS) is 11.1. The summed E-state index contributed by atoms with van der Waals surface area (Å²) in [6, 6.07) is 3.94. The summed E-state index contributed by atoms with van der Waals surface area (Å²) in [5.74, 6) is 1.25.